The normalized spacial score (nSPS) is 12.3. The van der Waals surface area contributed by atoms with Gasteiger partial charge in [-0.1, -0.05) is 29.8 Å². The van der Waals surface area contributed by atoms with Gasteiger partial charge in [0.2, 0.25) is 5.91 Å². The van der Waals surface area contributed by atoms with E-state index in [1.54, 1.807) is 0 Å². The number of aryl methyl sites for hydroxylation is 1. The Kier molecular flexibility index (Phi) is 10.2. The average molecular weight is 323 g/mol. The summed E-state index contributed by atoms with van der Waals surface area (Å²) in [6.07, 6.45) is 0.701. The molecule has 1 rings (SSSR count). The second-order valence-electron chi connectivity index (χ2n) is 4.88. The minimum atomic E-state index is -1.08. The van der Waals surface area contributed by atoms with Crippen LogP contribution in [0.5, 0.6) is 0 Å². The highest BCUT2D eigenvalue weighted by molar-refractivity contribution is 5.88. The zero-order valence-corrected chi connectivity index (χ0v) is 13.7. The molecule has 0 fully saturated rings. The molecule has 0 heterocycles. The number of nitrogens with two attached hydrogens (primary N) is 1. The van der Waals surface area contributed by atoms with Crippen LogP contribution in [0, 0.1) is 6.92 Å². The summed E-state index contributed by atoms with van der Waals surface area (Å²) in [5, 5.41) is 13.9. The summed E-state index contributed by atoms with van der Waals surface area (Å²) >= 11 is 0. The number of hydrogen-bond acceptors (Lipinski definition) is 5. The Bertz CT molecular complexity index is 520. The molecular weight excluding hydrogens is 298 g/mol. The van der Waals surface area contributed by atoms with Gasteiger partial charge in [0.15, 0.2) is 0 Å². The van der Waals surface area contributed by atoms with Gasteiger partial charge in [-0.25, -0.2) is 0 Å². The first-order chi connectivity index (χ1) is 11.0. The number of amides is 1. The van der Waals surface area contributed by atoms with Crippen LogP contribution in [0.25, 0.3) is 0 Å². The van der Waals surface area contributed by atoms with Crippen molar-refractivity contribution < 1.29 is 19.5 Å². The highest BCUT2D eigenvalue weighted by Gasteiger charge is 2.22. The fourth-order valence-corrected chi connectivity index (χ4v) is 2.01. The van der Waals surface area contributed by atoms with Crippen LogP contribution in [-0.4, -0.2) is 49.4 Å². The summed E-state index contributed by atoms with van der Waals surface area (Å²) in [7, 11) is 3.00. The number of carboxylic acid groups (broad SMARTS) is 1. The second-order valence-corrected chi connectivity index (χ2v) is 4.88. The first-order valence-electron chi connectivity index (χ1n) is 7.24. The number of nitrogens with one attached hydrogen (secondary N) is 2. The van der Waals surface area contributed by atoms with Crippen LogP contribution in [0.1, 0.15) is 17.5 Å². The molecule has 5 N–H and O–H groups in total. The number of carboxylic acids is 1. The fraction of sp³-hybridized carbons (Fsp3) is 0.438. The van der Waals surface area contributed by atoms with Crippen molar-refractivity contribution >= 4 is 18.2 Å². The molecule has 0 aliphatic rings. The minimum absolute atomic E-state index is 0.335. The van der Waals surface area contributed by atoms with Crippen molar-refractivity contribution in [3.63, 3.8) is 0 Å². The van der Waals surface area contributed by atoms with Crippen LogP contribution in [0.3, 0.4) is 0 Å². The third-order valence-corrected chi connectivity index (χ3v) is 3.07. The monoisotopic (exact) mass is 323 g/mol. The van der Waals surface area contributed by atoms with Crippen LogP contribution in [-0.2, 0) is 20.8 Å². The predicted octanol–water partition coefficient (Wildman–Crippen LogP) is -0.141. The van der Waals surface area contributed by atoms with Gasteiger partial charge in [0.05, 0.1) is 18.5 Å². The van der Waals surface area contributed by atoms with Crippen molar-refractivity contribution in [1.82, 2.24) is 10.6 Å². The molecule has 128 valence electrons. The van der Waals surface area contributed by atoms with Gasteiger partial charge in [-0.2, -0.15) is 0 Å². The SMILES string of the molecule is CN.CNC(CC(=O)O)C(=O)NC(C=O)Cc1cccc(C)c1. The van der Waals surface area contributed by atoms with E-state index >= 15 is 0 Å². The van der Waals surface area contributed by atoms with Crippen LogP contribution >= 0.6 is 0 Å². The van der Waals surface area contributed by atoms with Gasteiger partial charge in [0.25, 0.3) is 0 Å². The van der Waals surface area contributed by atoms with E-state index < -0.39 is 24.0 Å². The highest BCUT2D eigenvalue weighted by Crippen LogP contribution is 2.06. The molecule has 0 spiro atoms. The van der Waals surface area contributed by atoms with Gasteiger partial charge in [-0.05, 0) is 33.0 Å². The van der Waals surface area contributed by atoms with Crippen molar-refractivity contribution in [3.05, 3.63) is 35.4 Å². The Hall–Kier alpha value is -2.25. The second kappa shape index (κ2) is 11.3. The number of aliphatic carboxylic acids is 1. The molecular formula is C16H25N3O4. The van der Waals surface area contributed by atoms with Gasteiger partial charge in [0, 0.05) is 0 Å². The van der Waals surface area contributed by atoms with Crippen molar-refractivity contribution in [2.45, 2.75) is 31.8 Å². The molecule has 0 saturated heterocycles. The quantitative estimate of drug-likeness (QED) is 0.494. The molecule has 0 aliphatic carbocycles. The van der Waals surface area contributed by atoms with Gasteiger partial charge in [-0.15, -0.1) is 0 Å². The van der Waals surface area contributed by atoms with E-state index in [1.807, 2.05) is 31.2 Å². The minimum Gasteiger partial charge on any atom is -0.481 e. The first kappa shape index (κ1) is 20.8. The van der Waals surface area contributed by atoms with Gasteiger partial charge >= 0.3 is 5.97 Å². The maximum atomic E-state index is 11.9. The van der Waals surface area contributed by atoms with Crippen molar-refractivity contribution in [3.8, 4) is 0 Å². The Morgan fingerprint density at radius 3 is 2.48 bits per heavy atom. The number of benzene rings is 1. The van der Waals surface area contributed by atoms with E-state index in [1.165, 1.54) is 14.1 Å². The smallest absolute Gasteiger partial charge is 0.305 e. The Balaban J connectivity index is 0.00000232. The lowest BCUT2D eigenvalue weighted by molar-refractivity contribution is -0.140. The summed E-state index contributed by atoms with van der Waals surface area (Å²) in [5.74, 6) is -1.57. The standard InChI is InChI=1S/C15H20N2O4.CH5N/c1-10-4-3-5-11(6-10)7-12(9-18)17-15(21)13(16-2)8-14(19)20;1-2/h3-6,9,12-13,16H,7-8H2,1-2H3,(H,17,21)(H,19,20);2H2,1H3. The lowest BCUT2D eigenvalue weighted by atomic mass is 10.0. The summed E-state index contributed by atoms with van der Waals surface area (Å²) in [6, 6.07) is 6.11. The lowest BCUT2D eigenvalue weighted by Gasteiger charge is -2.18. The summed E-state index contributed by atoms with van der Waals surface area (Å²) in [6.45, 7) is 1.95. The van der Waals surface area contributed by atoms with E-state index in [4.69, 9.17) is 5.11 Å². The summed E-state index contributed by atoms with van der Waals surface area (Å²) < 4.78 is 0. The van der Waals surface area contributed by atoms with Crippen LogP contribution in [0.4, 0.5) is 0 Å². The highest BCUT2D eigenvalue weighted by atomic mass is 16.4. The number of aldehydes is 1. The summed E-state index contributed by atoms with van der Waals surface area (Å²) in [5.41, 5.74) is 6.51. The molecule has 1 aromatic rings. The van der Waals surface area contributed by atoms with Crippen LogP contribution in [0.2, 0.25) is 0 Å². The molecule has 0 aliphatic heterocycles. The Morgan fingerprint density at radius 1 is 1.35 bits per heavy atom. The van der Waals surface area contributed by atoms with Crippen LogP contribution < -0.4 is 16.4 Å². The molecule has 0 aromatic heterocycles. The molecule has 23 heavy (non-hydrogen) atoms. The first-order valence-corrected chi connectivity index (χ1v) is 7.24. The molecule has 0 saturated carbocycles. The molecule has 1 amide bonds. The maximum absolute atomic E-state index is 11.9. The van der Waals surface area contributed by atoms with E-state index in [0.717, 1.165) is 11.1 Å². The summed E-state index contributed by atoms with van der Waals surface area (Å²) in [4.78, 5) is 33.7. The van der Waals surface area contributed by atoms with E-state index in [-0.39, 0.29) is 6.42 Å². The largest absolute Gasteiger partial charge is 0.481 e. The third-order valence-electron chi connectivity index (χ3n) is 3.07. The number of likely N-dealkylation sites (N-methyl/N-ethyl adjacent to an activating group) is 1. The topological polar surface area (TPSA) is 122 Å². The van der Waals surface area contributed by atoms with Crippen molar-refractivity contribution in [2.24, 2.45) is 5.73 Å². The molecule has 2 unspecified atom stereocenters. The molecule has 1 aromatic carbocycles. The molecule has 7 nitrogen and oxygen atoms in total. The fourth-order valence-electron chi connectivity index (χ4n) is 2.01. The van der Waals surface area contributed by atoms with Crippen molar-refractivity contribution in [2.75, 3.05) is 14.1 Å². The zero-order chi connectivity index (χ0) is 17.8. The van der Waals surface area contributed by atoms with Gasteiger partial charge < -0.3 is 26.3 Å². The number of carbonyl (C=O) groups is 3. The predicted molar refractivity (Wildman–Crippen MR) is 88.1 cm³/mol. The Morgan fingerprint density at radius 2 is 2.00 bits per heavy atom. The zero-order valence-electron chi connectivity index (χ0n) is 13.7. The number of rotatable bonds is 8. The molecule has 2 atom stereocenters. The Labute approximate surface area is 136 Å². The van der Waals surface area contributed by atoms with Crippen molar-refractivity contribution in [1.29, 1.82) is 0 Å². The van der Waals surface area contributed by atoms with E-state index in [9.17, 15) is 14.4 Å². The molecule has 0 radical (unpaired) electrons. The van der Waals surface area contributed by atoms with Gasteiger partial charge in [0.1, 0.15) is 6.29 Å². The third kappa shape index (κ3) is 8.08. The average Bonchev–Trinajstić information content (AvgIpc) is 2.53. The van der Waals surface area contributed by atoms with Crippen LogP contribution in [0.15, 0.2) is 24.3 Å². The lowest BCUT2D eigenvalue weighted by Crippen LogP contribution is -2.48. The van der Waals surface area contributed by atoms with E-state index in [0.29, 0.717) is 12.7 Å². The molecule has 7 heteroatoms. The van der Waals surface area contributed by atoms with E-state index in [2.05, 4.69) is 16.4 Å². The molecule has 0 bridgehead atoms. The number of hydrogen-bond donors (Lipinski definition) is 4. The maximum Gasteiger partial charge on any atom is 0.305 e. The van der Waals surface area contributed by atoms with Gasteiger partial charge in [-0.3, -0.25) is 9.59 Å². The number of carbonyl (C=O) groups excluding carboxylic acids is 2.